The van der Waals surface area contributed by atoms with Gasteiger partial charge in [0.05, 0.1) is 18.0 Å². The molecule has 1 atom stereocenters. The van der Waals surface area contributed by atoms with Crippen LogP contribution in [0, 0.1) is 0 Å². The Bertz CT molecular complexity index is 831. The fourth-order valence-electron chi connectivity index (χ4n) is 2.50. The SMILES string of the molecule is CCc1cc2c(NCC(=O)NC(C)c3ccccc3)ncnc2s1. The number of thiophene rings is 1. The summed E-state index contributed by atoms with van der Waals surface area (Å²) in [7, 11) is 0. The van der Waals surface area contributed by atoms with Crippen LogP contribution < -0.4 is 10.6 Å². The number of nitrogens with zero attached hydrogens (tertiary/aromatic N) is 2. The summed E-state index contributed by atoms with van der Waals surface area (Å²) < 4.78 is 0. The molecule has 3 aromatic rings. The maximum absolute atomic E-state index is 12.2. The number of carbonyl (C=O) groups excluding carboxylic acids is 1. The highest BCUT2D eigenvalue weighted by atomic mass is 32.1. The fourth-order valence-corrected chi connectivity index (χ4v) is 3.44. The molecule has 0 aliphatic heterocycles. The number of hydrogen-bond donors (Lipinski definition) is 2. The van der Waals surface area contributed by atoms with E-state index in [2.05, 4.69) is 33.6 Å². The van der Waals surface area contributed by atoms with Crippen molar-refractivity contribution >= 4 is 33.3 Å². The summed E-state index contributed by atoms with van der Waals surface area (Å²) in [6, 6.07) is 12.0. The lowest BCUT2D eigenvalue weighted by Gasteiger charge is -2.14. The molecular weight excluding hydrogens is 320 g/mol. The third-order valence-electron chi connectivity index (χ3n) is 3.82. The van der Waals surface area contributed by atoms with E-state index >= 15 is 0 Å². The molecule has 2 aromatic heterocycles. The van der Waals surface area contributed by atoms with Crippen LogP contribution in [0.3, 0.4) is 0 Å². The number of rotatable bonds is 6. The minimum Gasteiger partial charge on any atom is -0.360 e. The van der Waals surface area contributed by atoms with Crippen molar-refractivity contribution in [3.8, 4) is 0 Å². The minimum absolute atomic E-state index is 0.0289. The van der Waals surface area contributed by atoms with Gasteiger partial charge in [0.2, 0.25) is 5.91 Å². The van der Waals surface area contributed by atoms with Gasteiger partial charge < -0.3 is 10.6 Å². The van der Waals surface area contributed by atoms with Crippen molar-refractivity contribution in [2.24, 2.45) is 0 Å². The Labute approximate surface area is 145 Å². The number of benzene rings is 1. The van der Waals surface area contributed by atoms with Gasteiger partial charge in [-0.3, -0.25) is 4.79 Å². The second-order valence-corrected chi connectivity index (χ2v) is 6.68. The lowest BCUT2D eigenvalue weighted by atomic mass is 10.1. The van der Waals surface area contributed by atoms with Crippen LogP contribution in [0.5, 0.6) is 0 Å². The molecule has 2 heterocycles. The summed E-state index contributed by atoms with van der Waals surface area (Å²) in [6.07, 6.45) is 2.50. The van der Waals surface area contributed by atoms with Crippen LogP contribution in [0.15, 0.2) is 42.7 Å². The first-order valence-corrected chi connectivity index (χ1v) is 8.80. The molecule has 0 bridgehead atoms. The van der Waals surface area contributed by atoms with Crippen LogP contribution in [0.2, 0.25) is 0 Å². The summed E-state index contributed by atoms with van der Waals surface area (Å²) in [5.74, 6) is 0.641. The standard InChI is InChI=1S/C18H20N4OS/c1-3-14-9-15-17(20-11-21-18(15)24-14)19-10-16(23)22-12(2)13-7-5-4-6-8-13/h4-9,11-12H,3,10H2,1-2H3,(H,22,23)(H,19,20,21). The molecule has 0 fully saturated rings. The topological polar surface area (TPSA) is 66.9 Å². The molecule has 0 saturated heterocycles. The first-order valence-electron chi connectivity index (χ1n) is 7.99. The van der Waals surface area contributed by atoms with E-state index < -0.39 is 0 Å². The Morgan fingerprint density at radius 1 is 1.25 bits per heavy atom. The van der Waals surface area contributed by atoms with E-state index in [0.29, 0.717) is 5.82 Å². The molecular formula is C18H20N4OS. The average molecular weight is 340 g/mol. The molecule has 0 saturated carbocycles. The first kappa shape index (κ1) is 16.4. The lowest BCUT2D eigenvalue weighted by Crippen LogP contribution is -2.32. The largest absolute Gasteiger partial charge is 0.360 e. The molecule has 2 N–H and O–H groups in total. The van der Waals surface area contributed by atoms with E-state index in [0.717, 1.165) is 22.2 Å². The van der Waals surface area contributed by atoms with Crippen LogP contribution in [0.25, 0.3) is 10.2 Å². The summed E-state index contributed by atoms with van der Waals surface area (Å²) in [4.78, 5) is 23.0. The maximum Gasteiger partial charge on any atom is 0.239 e. The Morgan fingerprint density at radius 3 is 2.79 bits per heavy atom. The molecule has 0 spiro atoms. The van der Waals surface area contributed by atoms with E-state index in [-0.39, 0.29) is 18.5 Å². The summed E-state index contributed by atoms with van der Waals surface area (Å²) in [5, 5.41) is 7.09. The predicted octanol–water partition coefficient (Wildman–Crippen LogP) is 3.54. The molecule has 0 radical (unpaired) electrons. The molecule has 0 aliphatic carbocycles. The molecule has 1 unspecified atom stereocenters. The third-order valence-corrected chi connectivity index (χ3v) is 5.01. The summed E-state index contributed by atoms with van der Waals surface area (Å²) in [6.45, 7) is 4.27. The fraction of sp³-hybridized carbons (Fsp3) is 0.278. The second-order valence-electron chi connectivity index (χ2n) is 5.56. The van der Waals surface area contributed by atoms with Crippen molar-refractivity contribution in [1.82, 2.24) is 15.3 Å². The maximum atomic E-state index is 12.2. The molecule has 6 heteroatoms. The first-order chi connectivity index (χ1) is 11.7. The van der Waals surface area contributed by atoms with Crippen molar-refractivity contribution < 1.29 is 4.79 Å². The molecule has 24 heavy (non-hydrogen) atoms. The van der Waals surface area contributed by atoms with Crippen LogP contribution in [0.4, 0.5) is 5.82 Å². The number of hydrogen-bond acceptors (Lipinski definition) is 5. The van der Waals surface area contributed by atoms with Gasteiger partial charge in [-0.05, 0) is 25.0 Å². The van der Waals surface area contributed by atoms with Crippen LogP contribution in [-0.4, -0.2) is 22.4 Å². The van der Waals surface area contributed by atoms with Gasteiger partial charge in [-0.1, -0.05) is 37.3 Å². The highest BCUT2D eigenvalue weighted by Crippen LogP contribution is 2.28. The third kappa shape index (κ3) is 3.71. The monoisotopic (exact) mass is 340 g/mol. The van der Waals surface area contributed by atoms with E-state index in [9.17, 15) is 4.79 Å². The van der Waals surface area contributed by atoms with Crippen LogP contribution >= 0.6 is 11.3 Å². The van der Waals surface area contributed by atoms with Gasteiger partial charge in [0.1, 0.15) is 17.0 Å². The molecule has 1 aromatic carbocycles. The molecule has 1 amide bonds. The zero-order valence-electron chi connectivity index (χ0n) is 13.7. The van der Waals surface area contributed by atoms with Crippen LogP contribution in [-0.2, 0) is 11.2 Å². The van der Waals surface area contributed by atoms with Gasteiger partial charge in [-0.2, -0.15) is 0 Å². The van der Waals surface area contributed by atoms with Gasteiger partial charge in [-0.15, -0.1) is 11.3 Å². The number of carbonyl (C=O) groups is 1. The zero-order valence-corrected chi connectivity index (χ0v) is 14.6. The number of anilines is 1. The van der Waals surface area contributed by atoms with Gasteiger partial charge >= 0.3 is 0 Å². The predicted molar refractivity (Wildman–Crippen MR) is 98.3 cm³/mol. The van der Waals surface area contributed by atoms with Crippen LogP contribution in [0.1, 0.15) is 30.3 Å². The van der Waals surface area contributed by atoms with E-state index in [1.165, 1.54) is 11.2 Å². The quantitative estimate of drug-likeness (QED) is 0.720. The van der Waals surface area contributed by atoms with Gasteiger partial charge in [0.15, 0.2) is 0 Å². The number of fused-ring (bicyclic) bond motifs is 1. The van der Waals surface area contributed by atoms with Crippen molar-refractivity contribution in [1.29, 1.82) is 0 Å². The van der Waals surface area contributed by atoms with Gasteiger partial charge in [0, 0.05) is 4.88 Å². The van der Waals surface area contributed by atoms with Gasteiger partial charge in [0.25, 0.3) is 0 Å². The highest BCUT2D eigenvalue weighted by molar-refractivity contribution is 7.18. The highest BCUT2D eigenvalue weighted by Gasteiger charge is 2.11. The summed E-state index contributed by atoms with van der Waals surface area (Å²) >= 11 is 1.66. The van der Waals surface area contributed by atoms with Gasteiger partial charge in [-0.25, -0.2) is 9.97 Å². The van der Waals surface area contributed by atoms with Crippen molar-refractivity contribution in [2.45, 2.75) is 26.3 Å². The Kier molecular flexibility index (Phi) is 5.05. The number of aryl methyl sites for hydroxylation is 1. The zero-order chi connectivity index (χ0) is 16.9. The minimum atomic E-state index is -0.0657. The Hall–Kier alpha value is -2.47. The number of amides is 1. The molecule has 0 aliphatic rings. The lowest BCUT2D eigenvalue weighted by molar-refractivity contribution is -0.120. The second kappa shape index (κ2) is 7.40. The number of aromatic nitrogens is 2. The average Bonchev–Trinajstić information content (AvgIpc) is 3.04. The molecule has 124 valence electrons. The Balaban J connectivity index is 1.63. The van der Waals surface area contributed by atoms with Crippen molar-refractivity contribution in [3.05, 3.63) is 53.2 Å². The normalized spacial score (nSPS) is 12.1. The van der Waals surface area contributed by atoms with E-state index in [1.54, 1.807) is 11.3 Å². The van der Waals surface area contributed by atoms with Crippen molar-refractivity contribution in [2.75, 3.05) is 11.9 Å². The Morgan fingerprint density at radius 2 is 2.04 bits per heavy atom. The molecule has 5 nitrogen and oxygen atoms in total. The number of nitrogens with one attached hydrogen (secondary N) is 2. The van der Waals surface area contributed by atoms with E-state index in [4.69, 9.17) is 0 Å². The smallest absolute Gasteiger partial charge is 0.239 e. The summed E-state index contributed by atoms with van der Waals surface area (Å²) in [5.41, 5.74) is 1.08. The van der Waals surface area contributed by atoms with Crippen molar-refractivity contribution in [3.63, 3.8) is 0 Å². The van der Waals surface area contributed by atoms with E-state index in [1.807, 2.05) is 37.3 Å². The molecule has 3 rings (SSSR count).